The van der Waals surface area contributed by atoms with Crippen molar-refractivity contribution in [1.29, 1.82) is 0 Å². The largest absolute Gasteiger partial charge is 0.448 e. The molecule has 0 radical (unpaired) electrons. The van der Waals surface area contributed by atoms with Gasteiger partial charge >= 0.3 is 6.09 Å². The number of aliphatic hydroxyl groups excluding tert-OH is 7. The van der Waals surface area contributed by atoms with Crippen LogP contribution in [-0.4, -0.2) is 156 Å². The van der Waals surface area contributed by atoms with Crippen LogP contribution in [0.25, 0.3) is 11.2 Å². The molecule has 2 aliphatic heterocycles. The standard InChI is InChI=1S/C26H42N6O13/c27-22-15-23(30-11-29-22)32(12-31-15)6-8-42-26(40)28-5-3-1-2-4-7-41-24-20(39)18(37)21(14(10-34)44-24)45-25-19(38)17(36)16(35)13(9-33)43-25/h11-14,16-21,24-25,33-39H,1-10H2,(H,28,40)(H2,27,29,30)/t13?,14?,16-,17-,18+,19?,20?,21+,24+,25-/m0/s1. The first-order valence-corrected chi connectivity index (χ1v) is 14.7. The third-order valence-corrected chi connectivity index (χ3v) is 7.58. The van der Waals surface area contributed by atoms with E-state index in [1.165, 1.54) is 6.33 Å². The lowest BCUT2D eigenvalue weighted by Crippen LogP contribution is -2.64. The van der Waals surface area contributed by atoms with E-state index in [0.29, 0.717) is 37.1 Å². The number of ether oxygens (including phenoxy) is 5. The normalized spacial score (nSPS) is 32.1. The van der Waals surface area contributed by atoms with Gasteiger partial charge in [0.25, 0.3) is 0 Å². The number of carbonyl (C=O) groups excluding carboxylic acids is 1. The molecule has 2 fully saturated rings. The van der Waals surface area contributed by atoms with E-state index in [2.05, 4.69) is 20.3 Å². The summed E-state index contributed by atoms with van der Waals surface area (Å²) < 4.78 is 28.9. The third-order valence-electron chi connectivity index (χ3n) is 7.58. The molecule has 2 aliphatic rings. The molecule has 2 aromatic heterocycles. The van der Waals surface area contributed by atoms with Crippen molar-refractivity contribution in [3.05, 3.63) is 12.7 Å². The Bertz CT molecular complexity index is 1210. The van der Waals surface area contributed by atoms with Gasteiger partial charge in [-0.1, -0.05) is 12.8 Å². The number of aromatic nitrogens is 4. The lowest BCUT2D eigenvalue weighted by atomic mass is 9.97. The van der Waals surface area contributed by atoms with Gasteiger partial charge in [-0.3, -0.25) is 0 Å². The van der Waals surface area contributed by atoms with E-state index in [4.69, 9.17) is 29.4 Å². The molecule has 254 valence electrons. The minimum Gasteiger partial charge on any atom is -0.448 e. The van der Waals surface area contributed by atoms with E-state index in [1.54, 1.807) is 10.9 Å². The zero-order chi connectivity index (χ0) is 32.5. The maximum Gasteiger partial charge on any atom is 0.407 e. The summed E-state index contributed by atoms with van der Waals surface area (Å²) in [5.41, 5.74) is 6.79. The van der Waals surface area contributed by atoms with E-state index in [-0.39, 0.29) is 19.0 Å². The summed E-state index contributed by atoms with van der Waals surface area (Å²) in [7, 11) is 0. The molecule has 4 rings (SSSR count). The number of anilines is 1. The number of aliphatic hydroxyl groups is 7. The molecule has 4 heterocycles. The quantitative estimate of drug-likeness (QED) is 0.0843. The molecule has 10 atom stereocenters. The Balaban J connectivity index is 1.08. The van der Waals surface area contributed by atoms with Gasteiger partial charge in [-0.15, -0.1) is 0 Å². The van der Waals surface area contributed by atoms with Gasteiger partial charge < -0.3 is 75.0 Å². The molecule has 19 heteroatoms. The second-order valence-electron chi connectivity index (χ2n) is 10.7. The lowest BCUT2D eigenvalue weighted by Gasteiger charge is -2.45. The van der Waals surface area contributed by atoms with Gasteiger partial charge in [-0.05, 0) is 12.8 Å². The summed E-state index contributed by atoms with van der Waals surface area (Å²) in [6.45, 7) is -0.297. The third kappa shape index (κ3) is 8.71. The Morgan fingerprint density at radius 2 is 1.58 bits per heavy atom. The zero-order valence-electron chi connectivity index (χ0n) is 24.4. The van der Waals surface area contributed by atoms with Crippen LogP contribution in [0.5, 0.6) is 0 Å². The zero-order valence-corrected chi connectivity index (χ0v) is 24.4. The number of hydrogen-bond acceptors (Lipinski definition) is 17. The number of alkyl carbamates (subject to hydrolysis) is 1. The van der Waals surface area contributed by atoms with Gasteiger partial charge in [-0.25, -0.2) is 19.7 Å². The number of amides is 1. The molecule has 1 amide bonds. The van der Waals surface area contributed by atoms with Gasteiger partial charge in [0.1, 0.15) is 67.3 Å². The molecule has 0 spiro atoms. The highest BCUT2D eigenvalue weighted by molar-refractivity contribution is 5.81. The molecule has 10 N–H and O–H groups in total. The molecule has 0 bridgehead atoms. The van der Waals surface area contributed by atoms with Crippen LogP contribution in [0.2, 0.25) is 0 Å². The number of carbonyl (C=O) groups is 1. The molecule has 2 aromatic rings. The number of fused-ring (bicyclic) bond motifs is 1. The summed E-state index contributed by atoms with van der Waals surface area (Å²) >= 11 is 0. The molecular formula is C26H42N6O13. The number of nitrogens with zero attached hydrogens (tertiary/aromatic N) is 4. The molecule has 0 saturated carbocycles. The van der Waals surface area contributed by atoms with Gasteiger partial charge in [-0.2, -0.15) is 0 Å². The monoisotopic (exact) mass is 646 g/mol. The first-order chi connectivity index (χ1) is 21.7. The summed E-state index contributed by atoms with van der Waals surface area (Å²) in [6.07, 6.45) is -9.91. The summed E-state index contributed by atoms with van der Waals surface area (Å²) in [4.78, 5) is 24.1. The van der Waals surface area contributed by atoms with Crippen LogP contribution in [-0.2, 0) is 30.2 Å². The number of rotatable bonds is 15. The van der Waals surface area contributed by atoms with Gasteiger partial charge in [0.05, 0.1) is 26.1 Å². The lowest BCUT2D eigenvalue weighted by molar-refractivity contribution is -0.359. The number of nitrogens with one attached hydrogen (secondary N) is 1. The smallest absolute Gasteiger partial charge is 0.407 e. The minimum absolute atomic E-state index is 0.111. The topological polar surface area (TPSA) is 286 Å². The molecule has 4 unspecified atom stereocenters. The Labute approximate surface area is 257 Å². The SMILES string of the molecule is Nc1ncnc2c1ncn2CCOC(=O)NCCCCCCO[C@@H]1OC(CO)[C@@H](O[C@@H]2OC(CO)[C@H](O)[C@H](O)C2O)[C@H](O)C1O. The number of nitrogens with two attached hydrogens (primary N) is 1. The van der Waals surface area contributed by atoms with Crippen LogP contribution in [0.4, 0.5) is 10.6 Å². The van der Waals surface area contributed by atoms with Crippen molar-refractivity contribution < 1.29 is 64.2 Å². The van der Waals surface area contributed by atoms with Crippen molar-refractivity contribution >= 4 is 23.1 Å². The number of imidazole rings is 1. The first-order valence-electron chi connectivity index (χ1n) is 14.7. The molecule has 19 nitrogen and oxygen atoms in total. The molecular weight excluding hydrogens is 604 g/mol. The van der Waals surface area contributed by atoms with Gasteiger partial charge in [0.2, 0.25) is 0 Å². The van der Waals surface area contributed by atoms with E-state index >= 15 is 0 Å². The van der Waals surface area contributed by atoms with Crippen molar-refractivity contribution in [2.75, 3.05) is 38.7 Å². The number of hydrogen-bond donors (Lipinski definition) is 9. The summed E-state index contributed by atoms with van der Waals surface area (Å²) in [5, 5.41) is 73.2. The summed E-state index contributed by atoms with van der Waals surface area (Å²) in [5.74, 6) is 0.273. The Hall–Kier alpha value is -2.82. The van der Waals surface area contributed by atoms with Crippen molar-refractivity contribution in [3.63, 3.8) is 0 Å². The minimum atomic E-state index is -1.74. The molecule has 45 heavy (non-hydrogen) atoms. The van der Waals surface area contributed by atoms with E-state index in [0.717, 1.165) is 12.8 Å². The van der Waals surface area contributed by atoms with Crippen LogP contribution in [0.3, 0.4) is 0 Å². The second kappa shape index (κ2) is 16.7. The highest BCUT2D eigenvalue weighted by Crippen LogP contribution is 2.29. The highest BCUT2D eigenvalue weighted by Gasteiger charge is 2.50. The fourth-order valence-electron chi connectivity index (χ4n) is 5.01. The van der Waals surface area contributed by atoms with Crippen molar-refractivity contribution in [2.24, 2.45) is 0 Å². The predicted octanol–water partition coefficient (Wildman–Crippen LogP) is -3.66. The molecule has 0 aliphatic carbocycles. The first kappa shape index (κ1) is 35.0. The average molecular weight is 647 g/mol. The fourth-order valence-corrected chi connectivity index (χ4v) is 5.01. The van der Waals surface area contributed by atoms with Gasteiger partial charge in [0.15, 0.2) is 24.0 Å². The summed E-state index contributed by atoms with van der Waals surface area (Å²) in [6, 6.07) is 0. The maximum absolute atomic E-state index is 12.0. The van der Waals surface area contributed by atoms with Crippen molar-refractivity contribution in [2.45, 2.75) is 93.6 Å². The predicted molar refractivity (Wildman–Crippen MR) is 150 cm³/mol. The maximum atomic E-state index is 12.0. The van der Waals surface area contributed by atoms with Gasteiger partial charge in [0, 0.05) is 13.2 Å². The highest BCUT2D eigenvalue weighted by atomic mass is 16.7. The van der Waals surface area contributed by atoms with Crippen LogP contribution in [0.15, 0.2) is 12.7 Å². The Morgan fingerprint density at radius 3 is 2.33 bits per heavy atom. The van der Waals surface area contributed by atoms with E-state index in [9.17, 15) is 40.5 Å². The fraction of sp³-hybridized carbons (Fsp3) is 0.769. The number of unbranched alkanes of at least 4 members (excludes halogenated alkanes) is 3. The molecule has 2 saturated heterocycles. The second-order valence-corrected chi connectivity index (χ2v) is 10.7. The van der Waals surface area contributed by atoms with Crippen LogP contribution < -0.4 is 11.1 Å². The Morgan fingerprint density at radius 1 is 0.867 bits per heavy atom. The number of nitrogen functional groups attached to an aromatic ring is 1. The molecule has 0 aromatic carbocycles. The van der Waals surface area contributed by atoms with Crippen LogP contribution in [0.1, 0.15) is 25.7 Å². The average Bonchev–Trinajstić information content (AvgIpc) is 3.45. The van der Waals surface area contributed by atoms with Crippen LogP contribution >= 0.6 is 0 Å². The van der Waals surface area contributed by atoms with Crippen LogP contribution in [0, 0.1) is 0 Å². The van der Waals surface area contributed by atoms with Crippen molar-refractivity contribution in [1.82, 2.24) is 24.8 Å². The van der Waals surface area contributed by atoms with E-state index in [1.807, 2.05) is 0 Å². The van der Waals surface area contributed by atoms with Crippen molar-refractivity contribution in [3.8, 4) is 0 Å². The Kier molecular flexibility index (Phi) is 13.0. The van der Waals surface area contributed by atoms with E-state index < -0.39 is 80.7 Å².